The molecule has 1 N–H and O–H groups in total. The van der Waals surface area contributed by atoms with Crippen molar-refractivity contribution in [1.29, 1.82) is 0 Å². The number of hydrogen-bond acceptors (Lipinski definition) is 5. The van der Waals surface area contributed by atoms with E-state index in [1.807, 2.05) is 12.1 Å². The second kappa shape index (κ2) is 7.10. The number of thiophene rings is 1. The van der Waals surface area contributed by atoms with Gasteiger partial charge in [0.25, 0.3) is 0 Å². The van der Waals surface area contributed by atoms with Gasteiger partial charge in [0, 0.05) is 51.1 Å². The normalized spacial score (nSPS) is 19.4. The van der Waals surface area contributed by atoms with Crippen LogP contribution in [0.5, 0.6) is 0 Å². The first-order valence-corrected chi connectivity index (χ1v) is 11.7. The maximum Gasteiger partial charge on any atom is 0.162 e. The van der Waals surface area contributed by atoms with Crippen molar-refractivity contribution >= 4 is 33.8 Å². The number of rotatable bonds is 2. The monoisotopic (exact) mass is 437 g/mol. The Hall–Kier alpha value is -3.31. The number of nitrogens with zero attached hydrogens (tertiary/aromatic N) is 2. The van der Waals surface area contributed by atoms with Crippen LogP contribution >= 0.6 is 11.3 Å². The topological polar surface area (TPSA) is 54.9 Å². The predicted molar refractivity (Wildman–Crippen MR) is 130 cm³/mol. The summed E-state index contributed by atoms with van der Waals surface area (Å²) in [7, 11) is 0. The first-order valence-electron chi connectivity index (χ1n) is 10.9. The van der Waals surface area contributed by atoms with Gasteiger partial charge in [0.05, 0.1) is 17.0 Å². The van der Waals surface area contributed by atoms with Crippen molar-refractivity contribution in [2.45, 2.75) is 32.6 Å². The molecule has 0 spiro atoms. The third-order valence-electron chi connectivity index (χ3n) is 6.43. The molecule has 1 atom stereocenters. The third kappa shape index (κ3) is 3.07. The molecule has 0 saturated carbocycles. The number of carbonyl (C=O) groups excluding carboxylic acids is 1. The fourth-order valence-corrected chi connectivity index (χ4v) is 6.23. The van der Waals surface area contributed by atoms with Gasteiger partial charge in [0.2, 0.25) is 0 Å². The quantitative estimate of drug-likeness (QED) is 0.386. The van der Waals surface area contributed by atoms with Gasteiger partial charge in [0.1, 0.15) is 0 Å². The fraction of sp³-hybridized carbons (Fsp3) is 0.222. The molecular weight excluding hydrogens is 414 g/mol. The van der Waals surface area contributed by atoms with Crippen LogP contribution in [-0.4, -0.2) is 15.8 Å². The van der Waals surface area contributed by atoms with E-state index in [1.165, 1.54) is 15.3 Å². The molecule has 0 radical (unpaired) electrons. The smallest absolute Gasteiger partial charge is 0.162 e. The van der Waals surface area contributed by atoms with Crippen LogP contribution in [0, 0.1) is 5.41 Å². The Kier molecular flexibility index (Phi) is 4.30. The third-order valence-corrected chi connectivity index (χ3v) is 7.63. The first-order chi connectivity index (χ1) is 15.5. The van der Waals surface area contributed by atoms with Crippen molar-refractivity contribution in [3.05, 3.63) is 88.7 Å². The van der Waals surface area contributed by atoms with E-state index in [0.29, 0.717) is 6.42 Å². The van der Waals surface area contributed by atoms with Gasteiger partial charge in [-0.05, 0) is 41.7 Å². The van der Waals surface area contributed by atoms with Gasteiger partial charge in [-0.2, -0.15) is 0 Å². The lowest BCUT2D eigenvalue weighted by molar-refractivity contribution is -0.118. The van der Waals surface area contributed by atoms with Crippen molar-refractivity contribution in [1.82, 2.24) is 9.97 Å². The van der Waals surface area contributed by atoms with E-state index >= 15 is 0 Å². The minimum atomic E-state index is -0.132. The highest BCUT2D eigenvalue weighted by Gasteiger charge is 2.42. The number of benzene rings is 2. The van der Waals surface area contributed by atoms with Crippen molar-refractivity contribution in [3.8, 4) is 10.4 Å². The van der Waals surface area contributed by atoms with Gasteiger partial charge < -0.3 is 5.32 Å². The number of carbonyl (C=O) groups is 1. The summed E-state index contributed by atoms with van der Waals surface area (Å²) in [6, 6.07) is 18.9. The van der Waals surface area contributed by atoms with Crippen molar-refractivity contribution < 1.29 is 4.79 Å². The average molecular weight is 438 g/mol. The lowest BCUT2D eigenvalue weighted by atomic mass is 9.70. The molecule has 0 amide bonds. The number of allylic oxidation sites excluding steroid dienone is 2. The highest BCUT2D eigenvalue weighted by molar-refractivity contribution is 7.15. The summed E-state index contributed by atoms with van der Waals surface area (Å²) in [4.78, 5) is 25.1. The molecule has 158 valence electrons. The second-order valence-corrected chi connectivity index (χ2v) is 10.5. The summed E-state index contributed by atoms with van der Waals surface area (Å²) >= 11 is 1.76. The Morgan fingerprint density at radius 2 is 1.78 bits per heavy atom. The molecule has 0 fully saturated rings. The minimum absolute atomic E-state index is 0.0493. The molecular formula is C27H23N3OS. The number of anilines is 1. The van der Waals surface area contributed by atoms with Gasteiger partial charge in [-0.1, -0.05) is 44.2 Å². The summed E-state index contributed by atoms with van der Waals surface area (Å²) in [6.45, 7) is 4.34. The van der Waals surface area contributed by atoms with E-state index in [0.717, 1.165) is 40.0 Å². The maximum absolute atomic E-state index is 13.5. The Labute approximate surface area is 191 Å². The number of ketones is 1. The van der Waals surface area contributed by atoms with Crippen LogP contribution < -0.4 is 5.32 Å². The van der Waals surface area contributed by atoms with Gasteiger partial charge in [-0.15, -0.1) is 11.3 Å². The van der Waals surface area contributed by atoms with E-state index in [-0.39, 0.29) is 17.1 Å². The summed E-state index contributed by atoms with van der Waals surface area (Å²) in [6.07, 6.45) is 4.88. The van der Waals surface area contributed by atoms with Crippen molar-refractivity contribution in [2.75, 3.05) is 5.32 Å². The molecule has 3 heterocycles. The van der Waals surface area contributed by atoms with Crippen LogP contribution in [-0.2, 0) is 4.79 Å². The fourth-order valence-electron chi connectivity index (χ4n) is 5.10. The lowest BCUT2D eigenvalue weighted by Gasteiger charge is -2.39. The van der Waals surface area contributed by atoms with Crippen molar-refractivity contribution in [3.63, 3.8) is 0 Å². The van der Waals surface area contributed by atoms with E-state index in [2.05, 4.69) is 66.6 Å². The van der Waals surface area contributed by atoms with Crippen LogP contribution in [0.4, 0.5) is 5.69 Å². The summed E-state index contributed by atoms with van der Waals surface area (Å²) < 4.78 is 0. The number of nitrogens with one attached hydrogen (secondary N) is 1. The number of Topliss-reactive ketones (excluding diaryl/α,β-unsaturated/α-hetero) is 1. The summed E-state index contributed by atoms with van der Waals surface area (Å²) in [5.74, 6) is 0.0997. The highest BCUT2D eigenvalue weighted by Crippen LogP contribution is 2.52. The maximum atomic E-state index is 13.5. The van der Waals surface area contributed by atoms with Crippen LogP contribution in [0.3, 0.4) is 0 Å². The molecule has 1 aliphatic heterocycles. The molecule has 5 heteroatoms. The van der Waals surface area contributed by atoms with Crippen molar-refractivity contribution in [2.24, 2.45) is 5.41 Å². The Bertz CT molecular complexity index is 1400. The van der Waals surface area contributed by atoms with Crippen LogP contribution in [0.1, 0.15) is 43.0 Å². The number of fused-ring (bicyclic) bond motifs is 3. The summed E-state index contributed by atoms with van der Waals surface area (Å²) in [5, 5.41) is 3.61. The van der Waals surface area contributed by atoms with E-state index in [9.17, 15) is 4.79 Å². The van der Waals surface area contributed by atoms with Crippen LogP contribution in [0.2, 0.25) is 0 Å². The first kappa shape index (κ1) is 19.4. The Morgan fingerprint density at radius 1 is 0.969 bits per heavy atom. The van der Waals surface area contributed by atoms with Gasteiger partial charge in [0.15, 0.2) is 5.78 Å². The van der Waals surface area contributed by atoms with Crippen LogP contribution in [0.25, 0.3) is 21.5 Å². The molecule has 6 rings (SSSR count). The molecule has 2 aromatic heterocycles. The van der Waals surface area contributed by atoms with E-state index in [4.69, 9.17) is 4.98 Å². The minimum Gasteiger partial charge on any atom is -0.358 e. The van der Waals surface area contributed by atoms with Gasteiger partial charge in [-0.3, -0.25) is 14.8 Å². The van der Waals surface area contributed by atoms with Crippen LogP contribution in [0.15, 0.2) is 78.3 Å². The highest BCUT2D eigenvalue weighted by atomic mass is 32.1. The molecule has 1 unspecified atom stereocenters. The molecule has 2 aromatic carbocycles. The molecule has 1 aliphatic carbocycles. The van der Waals surface area contributed by atoms with E-state index < -0.39 is 0 Å². The van der Waals surface area contributed by atoms with Gasteiger partial charge >= 0.3 is 0 Å². The second-order valence-electron chi connectivity index (χ2n) is 9.41. The zero-order chi connectivity index (χ0) is 21.9. The zero-order valence-corrected chi connectivity index (χ0v) is 18.9. The summed E-state index contributed by atoms with van der Waals surface area (Å²) in [5.41, 5.74) is 6.91. The molecule has 32 heavy (non-hydrogen) atoms. The molecule has 4 nitrogen and oxygen atoms in total. The zero-order valence-electron chi connectivity index (χ0n) is 18.1. The predicted octanol–water partition coefficient (Wildman–Crippen LogP) is 6.56. The Morgan fingerprint density at radius 3 is 2.62 bits per heavy atom. The Balaban J connectivity index is 1.59. The largest absolute Gasteiger partial charge is 0.358 e. The SMILES string of the molecule is CC1(C)CC(=O)C2=C(C1)Nc1ccc3nccnc3c1C2c1ccc(-c2ccccc2)s1. The van der Waals surface area contributed by atoms with E-state index in [1.54, 1.807) is 23.7 Å². The number of aromatic nitrogens is 2. The molecule has 0 bridgehead atoms. The number of hydrogen-bond donors (Lipinski definition) is 1. The standard InChI is InChI=1S/C27H23N3OS/c1-27(2)14-19-23(20(31)15-27)25(22-11-10-21(32-22)16-6-4-3-5-7-16)24-17(30-19)8-9-18-26(24)29-13-12-28-18/h3-13,25,30H,14-15H2,1-2H3. The lowest BCUT2D eigenvalue weighted by Crippen LogP contribution is -2.33. The average Bonchev–Trinajstić information content (AvgIpc) is 3.27. The molecule has 2 aliphatic rings. The van der Waals surface area contributed by atoms with Gasteiger partial charge in [-0.25, -0.2) is 0 Å². The molecule has 0 saturated heterocycles. The molecule has 4 aromatic rings.